The second-order valence-corrected chi connectivity index (χ2v) is 4.10. The minimum Gasteiger partial charge on any atom is -0.384 e. The number of amides is 1. The monoisotopic (exact) mass is 227 g/mol. The summed E-state index contributed by atoms with van der Waals surface area (Å²) in [5, 5.41) is 3.07. The molecule has 1 rings (SSSR count). The van der Waals surface area contributed by atoms with Crippen molar-refractivity contribution in [2.24, 2.45) is 5.92 Å². The number of nitrogens with zero attached hydrogens (tertiary/aromatic N) is 1. The van der Waals surface area contributed by atoms with Crippen LogP contribution in [0.5, 0.6) is 0 Å². The summed E-state index contributed by atoms with van der Waals surface area (Å²) in [6.07, 6.45) is 1.38. The van der Waals surface area contributed by atoms with Crippen LogP contribution in [0, 0.1) is 5.92 Å². The van der Waals surface area contributed by atoms with Crippen LogP contribution in [-0.2, 0) is 0 Å². The molecule has 5 heteroatoms. The lowest BCUT2D eigenvalue weighted by molar-refractivity contribution is 0.0949. The topological polar surface area (TPSA) is 68.0 Å². The van der Waals surface area contributed by atoms with E-state index in [9.17, 15) is 4.79 Å². The molecule has 0 atom stereocenters. The van der Waals surface area contributed by atoms with E-state index in [0.717, 1.165) is 0 Å². The van der Waals surface area contributed by atoms with Gasteiger partial charge in [0.2, 0.25) is 0 Å². The highest BCUT2D eigenvalue weighted by Gasteiger charge is 2.11. The van der Waals surface area contributed by atoms with Gasteiger partial charge in [0.1, 0.15) is 5.82 Å². The first-order chi connectivity index (χ1) is 7.00. The average Bonchev–Trinajstić information content (AvgIpc) is 2.18. The summed E-state index contributed by atoms with van der Waals surface area (Å²) in [6.45, 7) is 4.64. The number of nitrogen functional groups attached to an aromatic ring is 1. The smallest absolute Gasteiger partial charge is 0.252 e. The largest absolute Gasteiger partial charge is 0.384 e. The number of halogens is 1. The summed E-state index contributed by atoms with van der Waals surface area (Å²) in [5.74, 6) is 0.462. The lowest BCUT2D eigenvalue weighted by Crippen LogP contribution is -2.27. The highest BCUT2D eigenvalue weighted by Crippen LogP contribution is 2.16. The van der Waals surface area contributed by atoms with E-state index in [2.05, 4.69) is 10.3 Å². The Morgan fingerprint density at radius 1 is 1.67 bits per heavy atom. The van der Waals surface area contributed by atoms with E-state index >= 15 is 0 Å². The van der Waals surface area contributed by atoms with Crippen LogP contribution in [0.25, 0.3) is 0 Å². The van der Waals surface area contributed by atoms with Gasteiger partial charge < -0.3 is 11.1 Å². The van der Waals surface area contributed by atoms with Gasteiger partial charge in [-0.1, -0.05) is 25.4 Å². The number of pyridine rings is 1. The van der Waals surface area contributed by atoms with Crippen LogP contribution in [0.15, 0.2) is 12.3 Å². The number of aromatic nitrogens is 1. The van der Waals surface area contributed by atoms with Crippen LogP contribution in [0.2, 0.25) is 5.02 Å². The fourth-order valence-electron chi connectivity index (χ4n) is 1.02. The molecule has 0 aliphatic rings. The molecule has 0 spiro atoms. The fourth-order valence-corrected chi connectivity index (χ4v) is 1.21. The fraction of sp³-hybridized carbons (Fsp3) is 0.400. The molecule has 15 heavy (non-hydrogen) atoms. The van der Waals surface area contributed by atoms with Gasteiger partial charge in [0.15, 0.2) is 0 Å². The number of nitrogens with one attached hydrogen (secondary N) is 1. The summed E-state index contributed by atoms with van der Waals surface area (Å²) in [4.78, 5) is 15.4. The van der Waals surface area contributed by atoms with E-state index in [1.54, 1.807) is 0 Å². The van der Waals surface area contributed by atoms with E-state index < -0.39 is 0 Å². The maximum Gasteiger partial charge on any atom is 0.252 e. The summed E-state index contributed by atoms with van der Waals surface area (Å²) >= 11 is 5.83. The molecule has 0 bridgehead atoms. The molecule has 1 aromatic rings. The molecule has 1 amide bonds. The van der Waals surface area contributed by atoms with Crippen molar-refractivity contribution >= 4 is 23.3 Å². The van der Waals surface area contributed by atoms with Crippen LogP contribution in [0.4, 0.5) is 5.82 Å². The van der Waals surface area contributed by atoms with Gasteiger partial charge in [-0.05, 0) is 12.0 Å². The molecule has 0 saturated heterocycles. The molecule has 0 aromatic carbocycles. The van der Waals surface area contributed by atoms with Crippen LogP contribution < -0.4 is 11.1 Å². The molecule has 1 aromatic heterocycles. The van der Waals surface area contributed by atoms with Gasteiger partial charge in [-0.15, -0.1) is 0 Å². The first kappa shape index (κ1) is 11.8. The standard InChI is InChI=1S/C10H14ClN3O/c1-6(2)4-14-10(15)7-3-9(12)13-5-8(7)11/h3,5-6H,4H2,1-2H3,(H2,12,13)(H,14,15). The molecule has 0 saturated carbocycles. The molecular formula is C10H14ClN3O. The third-order valence-electron chi connectivity index (χ3n) is 1.79. The Bertz CT molecular complexity index is 366. The molecule has 0 fully saturated rings. The van der Waals surface area contributed by atoms with Gasteiger partial charge in [0, 0.05) is 12.7 Å². The van der Waals surface area contributed by atoms with E-state index in [0.29, 0.717) is 23.0 Å². The van der Waals surface area contributed by atoms with Crippen LogP contribution in [0.1, 0.15) is 24.2 Å². The van der Waals surface area contributed by atoms with Crippen molar-refractivity contribution in [1.29, 1.82) is 0 Å². The zero-order valence-corrected chi connectivity index (χ0v) is 9.51. The second-order valence-electron chi connectivity index (χ2n) is 3.69. The molecule has 4 nitrogen and oxygen atoms in total. The van der Waals surface area contributed by atoms with Crippen molar-refractivity contribution in [1.82, 2.24) is 10.3 Å². The first-order valence-electron chi connectivity index (χ1n) is 4.70. The Morgan fingerprint density at radius 2 is 2.33 bits per heavy atom. The number of rotatable bonds is 3. The van der Waals surface area contributed by atoms with Crippen molar-refractivity contribution in [2.45, 2.75) is 13.8 Å². The van der Waals surface area contributed by atoms with Crippen molar-refractivity contribution in [3.05, 3.63) is 22.8 Å². The number of carbonyl (C=O) groups excluding carboxylic acids is 1. The van der Waals surface area contributed by atoms with E-state index in [1.165, 1.54) is 12.3 Å². The number of carbonyl (C=O) groups is 1. The quantitative estimate of drug-likeness (QED) is 0.826. The van der Waals surface area contributed by atoms with Crippen molar-refractivity contribution in [3.8, 4) is 0 Å². The maximum atomic E-state index is 11.6. The number of hydrogen-bond donors (Lipinski definition) is 2. The molecule has 1 heterocycles. The highest BCUT2D eigenvalue weighted by atomic mass is 35.5. The molecule has 0 unspecified atom stereocenters. The summed E-state index contributed by atoms with van der Waals surface area (Å²) in [7, 11) is 0. The van der Waals surface area contributed by atoms with Gasteiger partial charge in [0.05, 0.1) is 10.6 Å². The lowest BCUT2D eigenvalue weighted by Gasteiger charge is -2.08. The molecule has 0 aliphatic heterocycles. The Morgan fingerprint density at radius 3 is 2.93 bits per heavy atom. The minimum atomic E-state index is -0.220. The van der Waals surface area contributed by atoms with Crippen LogP contribution in [0.3, 0.4) is 0 Å². The summed E-state index contributed by atoms with van der Waals surface area (Å²) in [6, 6.07) is 1.47. The van der Waals surface area contributed by atoms with Crippen molar-refractivity contribution in [3.63, 3.8) is 0 Å². The Balaban J connectivity index is 2.77. The summed E-state index contributed by atoms with van der Waals surface area (Å²) in [5.41, 5.74) is 5.84. The highest BCUT2D eigenvalue weighted by molar-refractivity contribution is 6.33. The molecular weight excluding hydrogens is 214 g/mol. The van der Waals surface area contributed by atoms with Crippen LogP contribution >= 0.6 is 11.6 Å². The summed E-state index contributed by atoms with van der Waals surface area (Å²) < 4.78 is 0. The molecule has 0 aliphatic carbocycles. The predicted molar refractivity (Wildman–Crippen MR) is 60.8 cm³/mol. The average molecular weight is 228 g/mol. The molecule has 3 N–H and O–H groups in total. The molecule has 0 radical (unpaired) electrons. The normalized spacial score (nSPS) is 10.4. The zero-order chi connectivity index (χ0) is 11.4. The zero-order valence-electron chi connectivity index (χ0n) is 8.75. The predicted octanol–water partition coefficient (Wildman–Crippen LogP) is 1.70. The Labute approximate surface area is 93.8 Å². The SMILES string of the molecule is CC(C)CNC(=O)c1cc(N)ncc1Cl. The minimum absolute atomic E-state index is 0.220. The maximum absolute atomic E-state index is 11.6. The van der Waals surface area contributed by atoms with Crippen LogP contribution in [-0.4, -0.2) is 17.4 Å². The number of nitrogens with two attached hydrogens (primary N) is 1. The van der Waals surface area contributed by atoms with Crippen molar-refractivity contribution in [2.75, 3.05) is 12.3 Å². The van der Waals surface area contributed by atoms with Gasteiger partial charge in [0.25, 0.3) is 5.91 Å². The molecule has 82 valence electrons. The van der Waals surface area contributed by atoms with E-state index in [4.69, 9.17) is 17.3 Å². The Kier molecular flexibility index (Phi) is 3.91. The first-order valence-corrected chi connectivity index (χ1v) is 5.07. The van der Waals surface area contributed by atoms with Gasteiger partial charge in [-0.2, -0.15) is 0 Å². The van der Waals surface area contributed by atoms with E-state index in [-0.39, 0.29) is 11.7 Å². The van der Waals surface area contributed by atoms with Gasteiger partial charge >= 0.3 is 0 Å². The number of anilines is 1. The Hall–Kier alpha value is -1.29. The number of hydrogen-bond acceptors (Lipinski definition) is 3. The lowest BCUT2D eigenvalue weighted by atomic mass is 10.2. The van der Waals surface area contributed by atoms with Crippen molar-refractivity contribution < 1.29 is 4.79 Å². The third kappa shape index (κ3) is 3.40. The van der Waals surface area contributed by atoms with Gasteiger partial charge in [-0.3, -0.25) is 4.79 Å². The van der Waals surface area contributed by atoms with Gasteiger partial charge in [-0.25, -0.2) is 4.98 Å². The second kappa shape index (κ2) is 4.98. The van der Waals surface area contributed by atoms with E-state index in [1.807, 2.05) is 13.8 Å². The third-order valence-corrected chi connectivity index (χ3v) is 2.09.